The maximum absolute atomic E-state index is 12.6. The van der Waals surface area contributed by atoms with Crippen LogP contribution in [0, 0.1) is 0 Å². The molecule has 0 radical (unpaired) electrons. The molecule has 0 saturated carbocycles. The number of fused-ring (bicyclic) bond motifs is 3. The maximum Gasteiger partial charge on any atom is 0.194 e. The van der Waals surface area contributed by atoms with Gasteiger partial charge in [0.15, 0.2) is 5.78 Å². The summed E-state index contributed by atoms with van der Waals surface area (Å²) in [6.45, 7) is 5.18. The second-order valence-corrected chi connectivity index (χ2v) is 5.00. The van der Waals surface area contributed by atoms with Crippen molar-refractivity contribution in [3.63, 3.8) is 0 Å². The van der Waals surface area contributed by atoms with Crippen LogP contribution in [0.1, 0.15) is 36.2 Å². The summed E-state index contributed by atoms with van der Waals surface area (Å²) < 4.78 is 11.4. The van der Waals surface area contributed by atoms with E-state index in [1.54, 1.807) is 0 Å². The molecular formula is C18H18O3. The second kappa shape index (κ2) is 5.60. The molecule has 3 rings (SSSR count). The molecule has 1 aliphatic carbocycles. The van der Waals surface area contributed by atoms with Crippen LogP contribution in [0.25, 0.3) is 11.1 Å². The molecule has 108 valence electrons. The molecule has 0 unspecified atom stereocenters. The SMILES string of the molecule is CCCOc1cc(OCC)c2c(c1)C(=O)c1ccccc1-2. The molecule has 2 aromatic carbocycles. The normalized spacial score (nSPS) is 12.0. The van der Waals surface area contributed by atoms with Crippen LogP contribution in [-0.2, 0) is 0 Å². The van der Waals surface area contributed by atoms with E-state index in [0.717, 1.165) is 28.9 Å². The number of carbonyl (C=O) groups is 1. The zero-order valence-electron chi connectivity index (χ0n) is 12.3. The standard InChI is InChI=1S/C18H18O3/c1-3-9-21-12-10-15-17(16(11-12)20-4-2)13-7-5-6-8-14(13)18(15)19/h5-8,10-11H,3-4,9H2,1-2H3. The number of ketones is 1. The molecule has 0 aromatic heterocycles. The third-order valence-corrected chi connectivity index (χ3v) is 3.53. The summed E-state index contributed by atoms with van der Waals surface area (Å²) >= 11 is 0. The number of rotatable bonds is 5. The Hall–Kier alpha value is -2.29. The molecule has 0 bridgehead atoms. The summed E-state index contributed by atoms with van der Waals surface area (Å²) in [7, 11) is 0. The van der Waals surface area contributed by atoms with E-state index in [4.69, 9.17) is 9.47 Å². The van der Waals surface area contributed by atoms with Gasteiger partial charge >= 0.3 is 0 Å². The average molecular weight is 282 g/mol. The minimum atomic E-state index is 0.0449. The second-order valence-electron chi connectivity index (χ2n) is 5.00. The number of hydrogen-bond acceptors (Lipinski definition) is 3. The molecule has 0 fully saturated rings. The lowest BCUT2D eigenvalue weighted by atomic mass is 10.0. The molecule has 2 aromatic rings. The van der Waals surface area contributed by atoms with Gasteiger partial charge in [0.2, 0.25) is 0 Å². The van der Waals surface area contributed by atoms with E-state index >= 15 is 0 Å². The number of carbonyl (C=O) groups excluding carboxylic acids is 1. The smallest absolute Gasteiger partial charge is 0.194 e. The minimum absolute atomic E-state index is 0.0449. The van der Waals surface area contributed by atoms with Crippen LogP contribution in [0.2, 0.25) is 0 Å². The molecule has 21 heavy (non-hydrogen) atoms. The van der Waals surface area contributed by atoms with Crippen LogP contribution in [0.5, 0.6) is 11.5 Å². The fourth-order valence-corrected chi connectivity index (χ4v) is 2.66. The molecule has 0 heterocycles. The van der Waals surface area contributed by atoms with Crippen molar-refractivity contribution in [2.75, 3.05) is 13.2 Å². The van der Waals surface area contributed by atoms with Gasteiger partial charge in [0.25, 0.3) is 0 Å². The Morgan fingerprint density at radius 3 is 2.43 bits per heavy atom. The van der Waals surface area contributed by atoms with E-state index in [9.17, 15) is 4.79 Å². The Bertz CT molecular complexity index is 689. The summed E-state index contributed by atoms with van der Waals surface area (Å²) in [6, 6.07) is 11.4. The Morgan fingerprint density at radius 1 is 0.952 bits per heavy atom. The van der Waals surface area contributed by atoms with E-state index < -0.39 is 0 Å². The van der Waals surface area contributed by atoms with Crippen LogP contribution in [0.3, 0.4) is 0 Å². The summed E-state index contributed by atoms with van der Waals surface area (Å²) in [5.74, 6) is 1.46. The first-order chi connectivity index (χ1) is 10.3. The van der Waals surface area contributed by atoms with Gasteiger partial charge in [0.05, 0.1) is 13.2 Å². The molecule has 1 aliphatic rings. The van der Waals surface area contributed by atoms with Crippen LogP contribution in [-0.4, -0.2) is 19.0 Å². The molecule has 3 nitrogen and oxygen atoms in total. The van der Waals surface area contributed by atoms with Gasteiger partial charge in [-0.3, -0.25) is 4.79 Å². The van der Waals surface area contributed by atoms with Gasteiger partial charge in [-0.15, -0.1) is 0 Å². The molecule has 0 N–H and O–H groups in total. The van der Waals surface area contributed by atoms with Crippen molar-refractivity contribution in [3.05, 3.63) is 47.5 Å². The zero-order chi connectivity index (χ0) is 14.8. The van der Waals surface area contributed by atoms with Crippen molar-refractivity contribution >= 4 is 5.78 Å². The lowest BCUT2D eigenvalue weighted by molar-refractivity contribution is 0.104. The van der Waals surface area contributed by atoms with Crippen LogP contribution < -0.4 is 9.47 Å². The lowest BCUT2D eigenvalue weighted by Crippen LogP contribution is -2.01. The van der Waals surface area contributed by atoms with Crippen LogP contribution in [0.15, 0.2) is 36.4 Å². The van der Waals surface area contributed by atoms with E-state index in [1.165, 1.54) is 0 Å². The topological polar surface area (TPSA) is 35.5 Å². The van der Waals surface area contributed by atoms with E-state index in [1.807, 2.05) is 43.3 Å². The quantitative estimate of drug-likeness (QED) is 0.707. The predicted octanol–water partition coefficient (Wildman–Crippen LogP) is 4.09. The maximum atomic E-state index is 12.6. The van der Waals surface area contributed by atoms with Gasteiger partial charge in [0, 0.05) is 22.8 Å². The summed E-state index contributed by atoms with van der Waals surface area (Å²) in [5, 5.41) is 0. The van der Waals surface area contributed by atoms with E-state index in [-0.39, 0.29) is 5.78 Å². The number of hydrogen-bond donors (Lipinski definition) is 0. The van der Waals surface area contributed by atoms with Crippen molar-refractivity contribution in [2.45, 2.75) is 20.3 Å². The first kappa shape index (κ1) is 13.7. The number of ether oxygens (including phenoxy) is 2. The molecule has 0 saturated heterocycles. The van der Waals surface area contributed by atoms with Crippen LogP contribution >= 0.6 is 0 Å². The van der Waals surface area contributed by atoms with Gasteiger partial charge in [-0.1, -0.05) is 31.2 Å². The van der Waals surface area contributed by atoms with E-state index in [2.05, 4.69) is 6.92 Å². The van der Waals surface area contributed by atoms with Crippen molar-refractivity contribution in [1.29, 1.82) is 0 Å². The molecule has 0 aliphatic heterocycles. The Labute approximate surface area is 124 Å². The molecule has 0 atom stereocenters. The lowest BCUT2D eigenvalue weighted by Gasteiger charge is -2.13. The highest BCUT2D eigenvalue weighted by molar-refractivity contribution is 6.22. The van der Waals surface area contributed by atoms with Crippen molar-refractivity contribution in [2.24, 2.45) is 0 Å². The highest BCUT2D eigenvalue weighted by atomic mass is 16.5. The fraction of sp³-hybridized carbons (Fsp3) is 0.278. The molecule has 3 heteroatoms. The van der Waals surface area contributed by atoms with Gasteiger partial charge in [0.1, 0.15) is 11.5 Å². The van der Waals surface area contributed by atoms with Gasteiger partial charge in [-0.05, 0) is 25.0 Å². The van der Waals surface area contributed by atoms with Crippen molar-refractivity contribution in [3.8, 4) is 22.6 Å². The third-order valence-electron chi connectivity index (χ3n) is 3.53. The highest BCUT2D eigenvalue weighted by Crippen LogP contribution is 2.44. The number of benzene rings is 2. The van der Waals surface area contributed by atoms with Gasteiger partial charge in [-0.25, -0.2) is 0 Å². The largest absolute Gasteiger partial charge is 0.493 e. The molecule has 0 amide bonds. The first-order valence-electron chi connectivity index (χ1n) is 7.34. The monoisotopic (exact) mass is 282 g/mol. The summed E-state index contributed by atoms with van der Waals surface area (Å²) in [6.07, 6.45) is 0.926. The van der Waals surface area contributed by atoms with Crippen LogP contribution in [0.4, 0.5) is 0 Å². The fourth-order valence-electron chi connectivity index (χ4n) is 2.66. The third kappa shape index (κ3) is 2.29. The summed E-state index contributed by atoms with van der Waals surface area (Å²) in [4.78, 5) is 12.6. The average Bonchev–Trinajstić information content (AvgIpc) is 2.79. The summed E-state index contributed by atoms with van der Waals surface area (Å²) in [5.41, 5.74) is 3.25. The Morgan fingerprint density at radius 2 is 1.71 bits per heavy atom. The van der Waals surface area contributed by atoms with Gasteiger partial charge in [-0.2, -0.15) is 0 Å². The predicted molar refractivity (Wildman–Crippen MR) is 82.3 cm³/mol. The first-order valence-corrected chi connectivity index (χ1v) is 7.34. The minimum Gasteiger partial charge on any atom is -0.493 e. The Kier molecular flexibility index (Phi) is 3.65. The van der Waals surface area contributed by atoms with E-state index in [0.29, 0.717) is 24.5 Å². The van der Waals surface area contributed by atoms with Crippen molar-refractivity contribution < 1.29 is 14.3 Å². The highest BCUT2D eigenvalue weighted by Gasteiger charge is 2.30. The van der Waals surface area contributed by atoms with Crippen molar-refractivity contribution in [1.82, 2.24) is 0 Å². The molecular weight excluding hydrogens is 264 g/mol. The zero-order valence-corrected chi connectivity index (χ0v) is 12.3. The van der Waals surface area contributed by atoms with Gasteiger partial charge < -0.3 is 9.47 Å². The Balaban J connectivity index is 2.15. The molecule has 0 spiro atoms.